The first-order valence-electron chi connectivity index (χ1n) is 0.617. The summed E-state index contributed by atoms with van der Waals surface area (Å²) in [5, 5.41) is 0. The Bertz CT molecular complexity index is 29.0. The minimum Gasteiger partial charge on any atom is -0.187 e. The highest BCUT2D eigenvalue weighted by Gasteiger charge is 1.64. The quantitative estimate of drug-likeness (QED) is 0.268. The van der Waals surface area contributed by atoms with E-state index in [0.717, 1.165) is 0 Å². The molecule has 0 heterocycles. The summed E-state index contributed by atoms with van der Waals surface area (Å²) in [7, 11) is 0. The van der Waals surface area contributed by atoms with Gasteiger partial charge < -0.3 is 0 Å². The molecule has 0 amide bonds. The van der Waals surface area contributed by atoms with Crippen molar-refractivity contribution < 1.29 is 4.39 Å². The lowest BCUT2D eigenvalue weighted by Gasteiger charge is -1.54. The second-order valence-electron chi connectivity index (χ2n) is 0.253. The Labute approximate surface area is 34.4 Å². The molecule has 0 saturated heterocycles. The molecule has 0 bridgehead atoms. The number of hydrogen-bond donors (Lipinski definition) is 1. The van der Waals surface area contributed by atoms with Crippen LogP contribution in [0.5, 0.6) is 0 Å². The summed E-state index contributed by atoms with van der Waals surface area (Å²) >= 11 is 6.77. The molecule has 0 radical (unpaired) electrons. The van der Waals surface area contributed by atoms with Crippen molar-refractivity contribution in [3.8, 4) is 0 Å². The molecule has 0 aromatic carbocycles. The van der Waals surface area contributed by atoms with Crippen molar-refractivity contribution in [1.29, 1.82) is 0 Å². The van der Waals surface area contributed by atoms with Crippen molar-refractivity contribution in [1.82, 2.24) is 0 Å². The zero-order chi connectivity index (χ0) is 3.58. The van der Waals surface area contributed by atoms with Crippen LogP contribution < -0.4 is 0 Å². The number of thiol groups is 1. The van der Waals surface area contributed by atoms with Crippen LogP contribution in [0.4, 0.5) is 4.39 Å². The number of hydrogen-bond acceptors (Lipinski definition) is 1. The number of thiocarbonyl (C=S) groups is 1. The van der Waals surface area contributed by atoms with Gasteiger partial charge in [-0.1, -0.05) is 0 Å². The molecule has 0 atom stereocenters. The fraction of sp³-hybridized carbons (Fsp3) is 0. The molecule has 0 saturated carbocycles. The second-order valence-corrected chi connectivity index (χ2v) is 1.31. The van der Waals surface area contributed by atoms with Gasteiger partial charge in [-0.15, -0.1) is 12.6 Å². The lowest BCUT2D eigenvalue weighted by Crippen LogP contribution is -1.50. The lowest BCUT2D eigenvalue weighted by atomic mass is 11.8. The molecule has 4 heavy (non-hydrogen) atoms. The molecule has 0 N–H and O–H groups in total. The van der Waals surface area contributed by atoms with Gasteiger partial charge in [-0.25, -0.2) is 0 Å². The fourth-order valence-electron chi connectivity index (χ4n) is 0. The summed E-state index contributed by atoms with van der Waals surface area (Å²) in [6, 6.07) is 0. The van der Waals surface area contributed by atoms with E-state index in [1.165, 1.54) is 0 Å². The van der Waals surface area contributed by atoms with E-state index in [2.05, 4.69) is 24.8 Å². The van der Waals surface area contributed by atoms with E-state index in [4.69, 9.17) is 0 Å². The average Bonchev–Trinajstić information content (AvgIpc) is 0.811. The Morgan fingerprint density at radius 1 is 2.00 bits per heavy atom. The van der Waals surface area contributed by atoms with Crippen molar-refractivity contribution in [3.63, 3.8) is 0 Å². The Balaban J connectivity index is 2.80. The van der Waals surface area contributed by atoms with Crippen LogP contribution in [-0.2, 0) is 0 Å². The highest BCUT2D eigenvalue weighted by molar-refractivity contribution is 8.10. The van der Waals surface area contributed by atoms with Crippen molar-refractivity contribution in [2.75, 3.05) is 0 Å². The van der Waals surface area contributed by atoms with Gasteiger partial charge in [0.15, 0.2) is 0 Å². The normalized spacial score (nSPS) is 6.50. The van der Waals surface area contributed by atoms with Gasteiger partial charge in [0.25, 0.3) is 0 Å². The summed E-state index contributed by atoms with van der Waals surface area (Å²) in [6.45, 7) is 0. The summed E-state index contributed by atoms with van der Waals surface area (Å²) < 4.78 is 9.79. The first-order valence-corrected chi connectivity index (χ1v) is 1.47. The molecule has 0 spiro atoms. The summed E-state index contributed by atoms with van der Waals surface area (Å²) in [6.07, 6.45) is 0. The van der Waals surface area contributed by atoms with Gasteiger partial charge in [0.05, 0.1) is 0 Å². The molecule has 3 heteroatoms. The van der Waals surface area contributed by atoms with Gasteiger partial charge in [0, 0.05) is 0 Å². The Morgan fingerprint density at radius 3 is 2.00 bits per heavy atom. The molecule has 0 nitrogen and oxygen atoms in total. The largest absolute Gasteiger partial charge is 0.217 e. The maximum Gasteiger partial charge on any atom is 0.217 e. The predicted molar refractivity (Wildman–Crippen MR) is 22.7 cm³/mol. The molecule has 0 aliphatic rings. The first-order chi connectivity index (χ1) is 1.73. The molecule has 0 aromatic rings. The van der Waals surface area contributed by atoms with E-state index in [-0.39, 0.29) is 0 Å². The van der Waals surface area contributed by atoms with E-state index >= 15 is 0 Å². The van der Waals surface area contributed by atoms with Crippen LogP contribution in [0.2, 0.25) is 0 Å². The molecular weight excluding hydrogens is 95.1 g/mol. The molecule has 0 unspecified atom stereocenters. The smallest absolute Gasteiger partial charge is 0.187 e. The van der Waals surface area contributed by atoms with E-state index in [9.17, 15) is 4.39 Å². The third kappa shape index (κ3) is 32.5. The van der Waals surface area contributed by atoms with Gasteiger partial charge in [-0.2, -0.15) is 4.39 Å². The molecule has 0 aliphatic heterocycles. The summed E-state index contributed by atoms with van der Waals surface area (Å²) in [5.74, 6) is 0. The van der Waals surface area contributed by atoms with Gasteiger partial charge in [0.2, 0.25) is 4.45 Å². The fourth-order valence-corrected chi connectivity index (χ4v) is 0. The van der Waals surface area contributed by atoms with E-state index in [1.54, 1.807) is 0 Å². The highest BCUT2D eigenvalue weighted by Crippen LogP contribution is 1.78. The zero-order valence-electron chi connectivity index (χ0n) is 1.73. The third-order valence-corrected chi connectivity index (χ3v) is 0. The van der Waals surface area contributed by atoms with Gasteiger partial charge in [-0.3, -0.25) is 0 Å². The SMILES string of the molecule is FC(=S)S. The topological polar surface area (TPSA) is 0 Å². The first kappa shape index (κ1) is 4.37. The molecule has 0 fully saturated rings. The monoisotopic (exact) mass is 96.0 g/mol. The maximum absolute atomic E-state index is 10.6. The van der Waals surface area contributed by atoms with Crippen molar-refractivity contribution >= 4 is 29.3 Å². The predicted octanol–water partition coefficient (Wildman–Crippen LogP) is 1.17. The molecule has 24 valence electrons. The van der Waals surface area contributed by atoms with Crippen LogP contribution in [0.25, 0.3) is 0 Å². The summed E-state index contributed by atoms with van der Waals surface area (Å²) in [4.78, 5) is 0. The third-order valence-electron chi connectivity index (χ3n) is 0. The second kappa shape index (κ2) is 1.67. The minimum atomic E-state index is -0.806. The van der Waals surface area contributed by atoms with Crippen LogP contribution in [0, 0.1) is 0 Å². The van der Waals surface area contributed by atoms with Crippen molar-refractivity contribution in [2.45, 2.75) is 0 Å². The minimum absolute atomic E-state index is 0.806. The molecule has 0 aromatic heterocycles. The standard InChI is InChI=1S/CHFS2/c2-1(3)4/h(H,3,4). The zero-order valence-corrected chi connectivity index (χ0v) is 3.44. The van der Waals surface area contributed by atoms with Gasteiger partial charge in [-0.05, 0) is 12.2 Å². The van der Waals surface area contributed by atoms with Crippen LogP contribution >= 0.6 is 24.8 Å². The average molecular weight is 96.2 g/mol. The Hall–Kier alpha value is 0.370. The highest BCUT2D eigenvalue weighted by atomic mass is 32.1. The molecule has 0 aliphatic carbocycles. The number of halogens is 1. The van der Waals surface area contributed by atoms with Crippen LogP contribution in [-0.4, -0.2) is 4.45 Å². The number of rotatable bonds is 0. The van der Waals surface area contributed by atoms with Crippen LogP contribution in [0.15, 0.2) is 0 Å². The van der Waals surface area contributed by atoms with Crippen molar-refractivity contribution in [2.24, 2.45) is 0 Å². The van der Waals surface area contributed by atoms with E-state index in [1.807, 2.05) is 0 Å². The lowest BCUT2D eigenvalue weighted by molar-refractivity contribution is 0.854. The van der Waals surface area contributed by atoms with E-state index in [0.29, 0.717) is 0 Å². The van der Waals surface area contributed by atoms with Crippen LogP contribution in [0.1, 0.15) is 0 Å². The Kier molecular flexibility index (Phi) is 1.82. The Morgan fingerprint density at radius 2 is 2.00 bits per heavy atom. The van der Waals surface area contributed by atoms with Gasteiger partial charge in [0.1, 0.15) is 0 Å². The molecular formula is CHFS2. The van der Waals surface area contributed by atoms with Gasteiger partial charge >= 0.3 is 0 Å². The van der Waals surface area contributed by atoms with Crippen LogP contribution in [0.3, 0.4) is 0 Å². The summed E-state index contributed by atoms with van der Waals surface area (Å²) in [5.41, 5.74) is 0. The molecule has 0 rings (SSSR count). The van der Waals surface area contributed by atoms with Crippen molar-refractivity contribution in [3.05, 3.63) is 0 Å². The van der Waals surface area contributed by atoms with E-state index < -0.39 is 4.45 Å². The maximum atomic E-state index is 10.6.